The van der Waals surface area contributed by atoms with Crippen molar-refractivity contribution in [3.63, 3.8) is 0 Å². The molecule has 0 aliphatic rings. The summed E-state index contributed by atoms with van der Waals surface area (Å²) >= 11 is 0. The largest absolute Gasteiger partial charge is 0.506 e. The number of fused-ring (bicyclic) bond motifs is 1. The maximum atomic E-state index is 13.3. The number of nitrogens with zero attached hydrogens (tertiary/aromatic N) is 1. The van der Waals surface area contributed by atoms with Crippen LogP contribution in [-0.2, 0) is 0 Å². The third-order valence-corrected chi connectivity index (χ3v) is 3.40. The molecule has 0 aliphatic heterocycles. The number of hydrogen-bond donors (Lipinski definition) is 3. The molecule has 1 aromatic heterocycles. The van der Waals surface area contributed by atoms with E-state index < -0.39 is 34.4 Å². The molecule has 2 aromatic carbocycles. The maximum absolute atomic E-state index is 13.3. The van der Waals surface area contributed by atoms with Crippen LogP contribution in [0.2, 0.25) is 0 Å². The van der Waals surface area contributed by atoms with E-state index in [0.717, 1.165) is 12.1 Å². The molecular weight excluding hydrogens is 332 g/mol. The molecule has 0 radical (unpaired) electrons. The third kappa shape index (κ3) is 3.37. The van der Waals surface area contributed by atoms with Crippen LogP contribution in [0.15, 0.2) is 52.4 Å². The number of nitrogens with one attached hydrogen (secondary N) is 2. The zero-order valence-electron chi connectivity index (χ0n) is 12.6. The van der Waals surface area contributed by atoms with Crippen molar-refractivity contribution in [3.05, 3.63) is 75.6 Å². The van der Waals surface area contributed by atoms with E-state index in [1.165, 1.54) is 30.5 Å². The van der Waals surface area contributed by atoms with Crippen molar-refractivity contribution in [2.75, 3.05) is 0 Å². The second-order valence-electron chi connectivity index (χ2n) is 5.12. The Morgan fingerprint density at radius 2 is 1.92 bits per heavy atom. The molecule has 6 nitrogen and oxygen atoms in total. The number of H-pyrrole nitrogens is 1. The van der Waals surface area contributed by atoms with Gasteiger partial charge in [0.15, 0.2) is 0 Å². The Balaban J connectivity index is 1.90. The van der Waals surface area contributed by atoms with Crippen molar-refractivity contribution >= 4 is 23.0 Å². The molecule has 3 aromatic rings. The number of benzene rings is 2. The fourth-order valence-electron chi connectivity index (χ4n) is 2.27. The van der Waals surface area contributed by atoms with Crippen LogP contribution in [-0.4, -0.2) is 22.2 Å². The van der Waals surface area contributed by atoms with Crippen LogP contribution in [0, 0.1) is 11.6 Å². The first-order chi connectivity index (χ1) is 12.0. The number of rotatable bonds is 3. The quantitative estimate of drug-likeness (QED) is 0.503. The van der Waals surface area contributed by atoms with Gasteiger partial charge in [-0.15, -0.1) is 0 Å². The highest BCUT2D eigenvalue weighted by Crippen LogP contribution is 2.25. The summed E-state index contributed by atoms with van der Waals surface area (Å²) in [7, 11) is 0. The highest BCUT2D eigenvalue weighted by Gasteiger charge is 2.19. The lowest BCUT2D eigenvalue weighted by atomic mass is 10.1. The number of amides is 1. The van der Waals surface area contributed by atoms with E-state index in [9.17, 15) is 23.5 Å². The first-order valence-electron chi connectivity index (χ1n) is 7.09. The second-order valence-corrected chi connectivity index (χ2v) is 5.12. The Morgan fingerprint density at radius 3 is 2.68 bits per heavy atom. The Bertz CT molecular complexity index is 1060. The lowest BCUT2D eigenvalue weighted by molar-refractivity contribution is 0.0951. The molecule has 126 valence electrons. The van der Waals surface area contributed by atoms with Gasteiger partial charge in [0.05, 0.1) is 11.7 Å². The zero-order valence-corrected chi connectivity index (χ0v) is 12.6. The summed E-state index contributed by atoms with van der Waals surface area (Å²) in [6.45, 7) is 0. The molecule has 0 spiro atoms. The highest BCUT2D eigenvalue weighted by molar-refractivity contribution is 6.02. The van der Waals surface area contributed by atoms with Gasteiger partial charge >= 0.3 is 0 Å². The SMILES string of the molecule is O=C(N/N=C/c1cccc(F)c1)c1c(O)c2cc(F)ccc2[nH]c1=O. The van der Waals surface area contributed by atoms with Gasteiger partial charge in [-0.3, -0.25) is 9.59 Å². The molecule has 1 heterocycles. The zero-order chi connectivity index (χ0) is 18.0. The molecule has 3 rings (SSSR count). The molecule has 0 saturated heterocycles. The van der Waals surface area contributed by atoms with Crippen molar-refractivity contribution in [1.82, 2.24) is 10.4 Å². The summed E-state index contributed by atoms with van der Waals surface area (Å²) in [6, 6.07) is 8.85. The molecule has 0 fully saturated rings. The van der Waals surface area contributed by atoms with Crippen molar-refractivity contribution in [3.8, 4) is 5.75 Å². The van der Waals surface area contributed by atoms with Gasteiger partial charge in [-0.2, -0.15) is 5.10 Å². The fourth-order valence-corrected chi connectivity index (χ4v) is 2.27. The summed E-state index contributed by atoms with van der Waals surface area (Å²) in [4.78, 5) is 26.5. The number of aromatic amines is 1. The number of halogens is 2. The van der Waals surface area contributed by atoms with E-state index in [1.54, 1.807) is 6.07 Å². The van der Waals surface area contributed by atoms with Gasteiger partial charge in [0.2, 0.25) is 0 Å². The Morgan fingerprint density at radius 1 is 1.16 bits per heavy atom. The molecule has 0 saturated carbocycles. The third-order valence-electron chi connectivity index (χ3n) is 3.40. The van der Waals surface area contributed by atoms with E-state index in [2.05, 4.69) is 15.5 Å². The number of hydrogen-bond acceptors (Lipinski definition) is 4. The van der Waals surface area contributed by atoms with Gasteiger partial charge in [-0.05, 0) is 35.9 Å². The van der Waals surface area contributed by atoms with Gasteiger partial charge in [-0.1, -0.05) is 12.1 Å². The van der Waals surface area contributed by atoms with E-state index in [1.807, 2.05) is 0 Å². The number of pyridine rings is 1. The van der Waals surface area contributed by atoms with Crippen LogP contribution < -0.4 is 11.0 Å². The molecule has 0 unspecified atom stereocenters. The number of hydrazone groups is 1. The summed E-state index contributed by atoms with van der Waals surface area (Å²) in [5, 5.41) is 13.7. The average Bonchev–Trinajstić information content (AvgIpc) is 2.56. The summed E-state index contributed by atoms with van der Waals surface area (Å²) in [5.41, 5.74) is 1.18. The first-order valence-corrected chi connectivity index (χ1v) is 7.09. The number of carbonyl (C=O) groups excluding carboxylic acids is 1. The summed E-state index contributed by atoms with van der Waals surface area (Å²) in [6.07, 6.45) is 1.17. The van der Waals surface area contributed by atoms with E-state index in [0.29, 0.717) is 5.56 Å². The minimum absolute atomic E-state index is 0.0149. The van der Waals surface area contributed by atoms with Gasteiger partial charge in [0, 0.05) is 5.39 Å². The minimum Gasteiger partial charge on any atom is -0.506 e. The van der Waals surface area contributed by atoms with Crippen LogP contribution in [0.25, 0.3) is 10.9 Å². The normalized spacial score (nSPS) is 11.1. The van der Waals surface area contributed by atoms with E-state index in [-0.39, 0.29) is 10.9 Å². The van der Waals surface area contributed by atoms with Crippen LogP contribution in [0.3, 0.4) is 0 Å². The topological polar surface area (TPSA) is 94.5 Å². The van der Waals surface area contributed by atoms with Crippen LogP contribution in [0.4, 0.5) is 8.78 Å². The predicted octanol–water partition coefficient (Wildman–Crippen LogP) is 2.28. The van der Waals surface area contributed by atoms with Crippen LogP contribution in [0.5, 0.6) is 5.75 Å². The molecule has 0 atom stereocenters. The van der Waals surface area contributed by atoms with Gasteiger partial charge in [-0.25, -0.2) is 14.2 Å². The molecule has 0 aliphatic carbocycles. The van der Waals surface area contributed by atoms with Gasteiger partial charge < -0.3 is 10.1 Å². The Hall–Kier alpha value is -3.55. The molecule has 0 bridgehead atoms. The number of aromatic nitrogens is 1. The minimum atomic E-state index is -0.988. The molecule has 3 N–H and O–H groups in total. The lowest BCUT2D eigenvalue weighted by Gasteiger charge is -2.06. The van der Waals surface area contributed by atoms with Crippen LogP contribution in [0.1, 0.15) is 15.9 Å². The number of aromatic hydroxyl groups is 1. The van der Waals surface area contributed by atoms with Crippen molar-refractivity contribution < 1.29 is 18.7 Å². The maximum Gasteiger partial charge on any atom is 0.280 e. The van der Waals surface area contributed by atoms with Crippen molar-refractivity contribution in [2.45, 2.75) is 0 Å². The first kappa shape index (κ1) is 16.3. The summed E-state index contributed by atoms with van der Waals surface area (Å²) < 4.78 is 26.4. The molecule has 1 amide bonds. The molecule has 8 heteroatoms. The summed E-state index contributed by atoms with van der Waals surface area (Å²) in [5.74, 6) is -2.75. The smallest absolute Gasteiger partial charge is 0.280 e. The monoisotopic (exact) mass is 343 g/mol. The number of carbonyl (C=O) groups is 1. The average molecular weight is 343 g/mol. The van der Waals surface area contributed by atoms with Crippen molar-refractivity contribution in [1.29, 1.82) is 0 Å². The standard InChI is InChI=1S/C17H11F2N3O3/c18-10-3-1-2-9(6-10)8-20-22-17(25)14-15(23)12-7-11(19)4-5-13(12)21-16(14)24/h1-8H,(H,22,25)(H2,21,23,24)/b20-8+. The van der Waals surface area contributed by atoms with Gasteiger partial charge in [0.25, 0.3) is 11.5 Å². The van der Waals surface area contributed by atoms with Crippen LogP contribution >= 0.6 is 0 Å². The lowest BCUT2D eigenvalue weighted by Crippen LogP contribution is -2.26. The molecular formula is C17H11F2N3O3. The highest BCUT2D eigenvalue weighted by atomic mass is 19.1. The Kier molecular flexibility index (Phi) is 4.25. The van der Waals surface area contributed by atoms with E-state index in [4.69, 9.17) is 0 Å². The Labute approximate surface area is 139 Å². The fraction of sp³-hybridized carbons (Fsp3) is 0. The van der Waals surface area contributed by atoms with Gasteiger partial charge in [0.1, 0.15) is 22.9 Å². The van der Waals surface area contributed by atoms with E-state index >= 15 is 0 Å². The predicted molar refractivity (Wildman–Crippen MR) is 87.7 cm³/mol. The molecule has 25 heavy (non-hydrogen) atoms. The second kappa shape index (κ2) is 6.52. The van der Waals surface area contributed by atoms with Crippen molar-refractivity contribution in [2.24, 2.45) is 5.10 Å².